The average Bonchev–Trinajstić information content (AvgIpc) is 2.35. The van der Waals surface area contributed by atoms with Gasteiger partial charge in [-0.3, -0.25) is 4.21 Å². The molecule has 18 heavy (non-hydrogen) atoms. The van der Waals surface area contributed by atoms with Crippen molar-refractivity contribution in [2.75, 3.05) is 5.73 Å². The second kappa shape index (κ2) is 5.36. The Kier molecular flexibility index (Phi) is 3.82. The van der Waals surface area contributed by atoms with Crippen LogP contribution in [0.5, 0.6) is 0 Å². The minimum absolute atomic E-state index is 0.514. The Hall–Kier alpha value is -1.61. The van der Waals surface area contributed by atoms with Crippen LogP contribution in [-0.2, 0) is 16.6 Å². The molecule has 0 amide bonds. The van der Waals surface area contributed by atoms with Crippen molar-refractivity contribution in [2.24, 2.45) is 0 Å². The molecule has 1 unspecified atom stereocenters. The Morgan fingerprint density at radius 1 is 1.00 bits per heavy atom. The van der Waals surface area contributed by atoms with Crippen molar-refractivity contribution in [1.29, 1.82) is 0 Å². The summed E-state index contributed by atoms with van der Waals surface area (Å²) >= 11 is 0. The van der Waals surface area contributed by atoms with Gasteiger partial charge in [0.2, 0.25) is 0 Å². The molecule has 0 aliphatic rings. The Balaban J connectivity index is 2.28. The van der Waals surface area contributed by atoms with Gasteiger partial charge in [-0.05, 0) is 36.6 Å². The standard InChI is InChI=1S/C15H17NOS/c1-11-6-3-4-8-13(11)10-18(17)14-9-5-7-12(2)15(14)16/h3-9H,10,16H2,1-2H3. The molecule has 2 N–H and O–H groups in total. The number of benzene rings is 2. The van der Waals surface area contributed by atoms with E-state index >= 15 is 0 Å². The monoisotopic (exact) mass is 259 g/mol. The Labute approximate surface area is 110 Å². The molecule has 2 rings (SSSR count). The van der Waals surface area contributed by atoms with E-state index in [1.807, 2.05) is 56.3 Å². The molecule has 0 aromatic heterocycles. The number of hydrogen-bond donors (Lipinski definition) is 1. The van der Waals surface area contributed by atoms with E-state index in [0.29, 0.717) is 11.4 Å². The fourth-order valence-corrected chi connectivity index (χ4v) is 3.24. The summed E-state index contributed by atoms with van der Waals surface area (Å²) in [4.78, 5) is 0.734. The van der Waals surface area contributed by atoms with Crippen LogP contribution in [0.3, 0.4) is 0 Å². The number of hydrogen-bond acceptors (Lipinski definition) is 2. The van der Waals surface area contributed by atoms with Crippen molar-refractivity contribution in [1.82, 2.24) is 0 Å². The highest BCUT2D eigenvalue weighted by molar-refractivity contribution is 7.84. The van der Waals surface area contributed by atoms with Crippen molar-refractivity contribution in [3.8, 4) is 0 Å². The maximum absolute atomic E-state index is 12.4. The van der Waals surface area contributed by atoms with E-state index in [1.54, 1.807) is 0 Å². The summed E-state index contributed by atoms with van der Waals surface area (Å²) in [6.07, 6.45) is 0. The van der Waals surface area contributed by atoms with Gasteiger partial charge in [-0.15, -0.1) is 0 Å². The number of anilines is 1. The molecule has 2 aromatic carbocycles. The fourth-order valence-electron chi connectivity index (χ4n) is 1.84. The second-order valence-electron chi connectivity index (χ2n) is 4.40. The number of nitrogens with two attached hydrogens (primary N) is 1. The van der Waals surface area contributed by atoms with Crippen molar-refractivity contribution >= 4 is 16.5 Å². The van der Waals surface area contributed by atoms with Gasteiger partial charge in [-0.25, -0.2) is 0 Å². The molecular formula is C15H17NOS. The molecule has 2 aromatic rings. The summed E-state index contributed by atoms with van der Waals surface area (Å²) in [5.74, 6) is 0.514. The predicted molar refractivity (Wildman–Crippen MR) is 76.9 cm³/mol. The maximum Gasteiger partial charge on any atom is 0.0623 e. The first-order chi connectivity index (χ1) is 8.59. The van der Waals surface area contributed by atoms with Gasteiger partial charge in [0.1, 0.15) is 0 Å². The van der Waals surface area contributed by atoms with Crippen LogP contribution >= 0.6 is 0 Å². The molecule has 94 valence electrons. The largest absolute Gasteiger partial charge is 0.398 e. The van der Waals surface area contributed by atoms with E-state index in [4.69, 9.17) is 5.73 Å². The summed E-state index contributed by atoms with van der Waals surface area (Å²) in [6, 6.07) is 13.7. The first-order valence-electron chi connectivity index (χ1n) is 5.87. The number of rotatable bonds is 3. The van der Waals surface area contributed by atoms with Gasteiger partial charge in [0.05, 0.1) is 27.1 Å². The molecular weight excluding hydrogens is 242 g/mol. The van der Waals surface area contributed by atoms with Crippen molar-refractivity contribution in [3.05, 3.63) is 59.2 Å². The summed E-state index contributed by atoms with van der Waals surface area (Å²) < 4.78 is 12.4. The van der Waals surface area contributed by atoms with Gasteiger partial charge in [-0.2, -0.15) is 0 Å². The van der Waals surface area contributed by atoms with Gasteiger partial charge < -0.3 is 5.73 Å². The van der Waals surface area contributed by atoms with Gasteiger partial charge >= 0.3 is 0 Å². The van der Waals surface area contributed by atoms with E-state index in [1.165, 1.54) is 0 Å². The SMILES string of the molecule is Cc1ccccc1CS(=O)c1cccc(C)c1N. The quantitative estimate of drug-likeness (QED) is 0.860. The summed E-state index contributed by atoms with van der Waals surface area (Å²) in [5.41, 5.74) is 9.87. The minimum atomic E-state index is -1.09. The van der Waals surface area contributed by atoms with E-state index in [-0.39, 0.29) is 0 Å². The smallest absolute Gasteiger partial charge is 0.0623 e. The average molecular weight is 259 g/mol. The van der Waals surface area contributed by atoms with Crippen LogP contribution in [0, 0.1) is 13.8 Å². The number of nitrogen functional groups attached to an aromatic ring is 1. The summed E-state index contributed by atoms with van der Waals surface area (Å²) in [6.45, 7) is 3.97. The molecule has 0 heterocycles. The molecule has 0 bridgehead atoms. The van der Waals surface area contributed by atoms with E-state index < -0.39 is 10.8 Å². The van der Waals surface area contributed by atoms with Crippen molar-refractivity contribution < 1.29 is 4.21 Å². The molecule has 0 spiro atoms. The van der Waals surface area contributed by atoms with Gasteiger partial charge in [-0.1, -0.05) is 36.4 Å². The molecule has 0 saturated carbocycles. The van der Waals surface area contributed by atoms with Gasteiger partial charge in [0.25, 0.3) is 0 Å². The lowest BCUT2D eigenvalue weighted by atomic mass is 10.1. The topological polar surface area (TPSA) is 43.1 Å². The zero-order chi connectivity index (χ0) is 13.1. The zero-order valence-corrected chi connectivity index (χ0v) is 11.5. The van der Waals surface area contributed by atoms with Crippen LogP contribution < -0.4 is 5.73 Å². The summed E-state index contributed by atoms with van der Waals surface area (Å²) in [7, 11) is -1.09. The minimum Gasteiger partial charge on any atom is -0.398 e. The molecule has 2 nitrogen and oxygen atoms in total. The second-order valence-corrected chi connectivity index (χ2v) is 5.82. The zero-order valence-electron chi connectivity index (χ0n) is 10.6. The van der Waals surface area contributed by atoms with E-state index in [2.05, 4.69) is 0 Å². The highest BCUT2D eigenvalue weighted by Gasteiger charge is 2.11. The lowest BCUT2D eigenvalue weighted by molar-refractivity contribution is 0.682. The third kappa shape index (κ3) is 2.62. The third-order valence-electron chi connectivity index (χ3n) is 3.08. The lowest BCUT2D eigenvalue weighted by Crippen LogP contribution is -2.03. The molecule has 3 heteroatoms. The van der Waals surface area contributed by atoms with E-state index in [0.717, 1.165) is 21.6 Å². The molecule has 1 atom stereocenters. The first kappa shape index (κ1) is 12.8. The summed E-state index contributed by atoms with van der Waals surface area (Å²) in [5, 5.41) is 0. The molecule has 0 radical (unpaired) electrons. The first-order valence-corrected chi connectivity index (χ1v) is 7.19. The Morgan fingerprint density at radius 2 is 1.67 bits per heavy atom. The highest BCUT2D eigenvalue weighted by atomic mass is 32.2. The molecule has 0 fully saturated rings. The van der Waals surface area contributed by atoms with Crippen LogP contribution in [-0.4, -0.2) is 4.21 Å². The van der Waals surface area contributed by atoms with Crippen LogP contribution in [0.25, 0.3) is 0 Å². The van der Waals surface area contributed by atoms with Crippen molar-refractivity contribution in [2.45, 2.75) is 24.5 Å². The van der Waals surface area contributed by atoms with Crippen LogP contribution in [0.15, 0.2) is 47.4 Å². The van der Waals surface area contributed by atoms with Crippen LogP contribution in [0.2, 0.25) is 0 Å². The van der Waals surface area contributed by atoms with Gasteiger partial charge in [0.15, 0.2) is 0 Å². The third-order valence-corrected chi connectivity index (χ3v) is 4.50. The Morgan fingerprint density at radius 3 is 2.39 bits per heavy atom. The van der Waals surface area contributed by atoms with Crippen LogP contribution in [0.1, 0.15) is 16.7 Å². The Bertz CT molecular complexity index is 593. The van der Waals surface area contributed by atoms with E-state index in [9.17, 15) is 4.21 Å². The number of para-hydroxylation sites is 1. The fraction of sp³-hybridized carbons (Fsp3) is 0.200. The predicted octanol–water partition coefficient (Wildman–Crippen LogP) is 3.19. The molecule has 0 aliphatic heterocycles. The van der Waals surface area contributed by atoms with Crippen LogP contribution in [0.4, 0.5) is 5.69 Å². The molecule has 0 aliphatic carbocycles. The normalized spacial score (nSPS) is 12.3. The lowest BCUT2D eigenvalue weighted by Gasteiger charge is -2.09. The van der Waals surface area contributed by atoms with Gasteiger partial charge in [0, 0.05) is 0 Å². The maximum atomic E-state index is 12.4. The molecule has 0 saturated heterocycles. The highest BCUT2D eigenvalue weighted by Crippen LogP contribution is 2.23. The number of aryl methyl sites for hydroxylation is 2. The van der Waals surface area contributed by atoms with Crippen molar-refractivity contribution in [3.63, 3.8) is 0 Å².